The first kappa shape index (κ1) is 49.2. The Morgan fingerprint density at radius 3 is 2.18 bits per heavy atom. The second kappa shape index (κ2) is 20.3. The predicted octanol–water partition coefficient (Wildman–Crippen LogP) is 4.03. The lowest BCUT2D eigenvalue weighted by molar-refractivity contribution is -0.438. The average Bonchev–Trinajstić information content (AvgIpc) is 3.56. The van der Waals surface area contributed by atoms with Crippen LogP contribution in [0, 0.1) is 0 Å². The molecule has 1 fully saturated rings. The van der Waals surface area contributed by atoms with Crippen LogP contribution in [0.25, 0.3) is 0 Å². The van der Waals surface area contributed by atoms with E-state index in [0.717, 1.165) is 53.2 Å². The number of hydrogen-bond donors (Lipinski definition) is 7. The van der Waals surface area contributed by atoms with Gasteiger partial charge in [0.2, 0.25) is 11.6 Å². The molecule has 3 heterocycles. The topological polar surface area (TPSA) is 243 Å². The summed E-state index contributed by atoms with van der Waals surface area (Å²) in [6.45, 7) is 11.5. The fourth-order valence-electron chi connectivity index (χ4n) is 8.51. The van der Waals surface area contributed by atoms with Crippen molar-refractivity contribution >= 4 is 43.2 Å². The molecule has 2 aromatic carbocycles. The zero-order valence-corrected chi connectivity index (χ0v) is 37.6. The number of unbranched alkanes of at least 4 members (excludes halogenated alkanes) is 4. The van der Waals surface area contributed by atoms with Crippen LogP contribution in [0.2, 0.25) is 0 Å². The molecule has 342 valence electrons. The third-order valence-electron chi connectivity index (χ3n) is 11.9. The molecule has 2 aromatic rings. The Kier molecular flexibility index (Phi) is 16.1. The van der Waals surface area contributed by atoms with Gasteiger partial charge in [0.15, 0.2) is 12.0 Å². The number of likely N-dealkylation sites (N-methyl/N-ethyl adjacent to an activating group) is 1. The number of amides is 1. The number of nitrogens with zero attached hydrogens (tertiary/aromatic N) is 2. The predicted molar refractivity (Wildman–Crippen MR) is 233 cm³/mol. The highest BCUT2D eigenvalue weighted by Gasteiger charge is 2.46. The van der Waals surface area contributed by atoms with Crippen LogP contribution in [0.1, 0.15) is 90.7 Å². The van der Waals surface area contributed by atoms with Gasteiger partial charge in [-0.3, -0.25) is 13.9 Å². The van der Waals surface area contributed by atoms with E-state index in [1.807, 2.05) is 65.0 Å². The summed E-state index contributed by atoms with van der Waals surface area (Å²) in [6.07, 6.45) is 7.79. The highest BCUT2D eigenvalue weighted by Crippen LogP contribution is 2.48. The Bertz CT molecular complexity index is 2280. The molecule has 1 amide bonds. The molecule has 1 unspecified atom stereocenters. The summed E-state index contributed by atoms with van der Waals surface area (Å²) in [4.78, 5) is 14.4. The maximum atomic E-state index is 12.6. The SMILES string of the molecule is CCN1/C(=C/C=C/C=C/C2=[N+](CCCCCC(=O)NCCCCCO[C@@H]3[C@H](O)[C@@H](O)C(O)O[C@@H]3CO)c3ccc(S(=O)(=O)O)cc3C2(C)C)C(C)(C)c2cc(S(=O)(=O)O)ccc21. The van der Waals surface area contributed by atoms with Crippen molar-refractivity contribution in [3.8, 4) is 0 Å². The number of aliphatic hydroxyl groups excluding tert-OH is 4. The number of aliphatic hydroxyl groups is 4. The van der Waals surface area contributed by atoms with Gasteiger partial charge in [-0.1, -0.05) is 32.1 Å². The number of fused-ring (bicyclic) bond motifs is 2. The van der Waals surface area contributed by atoms with Crippen LogP contribution in [0.15, 0.2) is 82.3 Å². The first-order valence-electron chi connectivity index (χ1n) is 21.1. The number of carbonyl (C=O) groups is 1. The number of allylic oxidation sites excluding steroid dienone is 6. The van der Waals surface area contributed by atoms with E-state index in [9.17, 15) is 51.2 Å². The first-order chi connectivity index (χ1) is 29.1. The second-order valence-electron chi connectivity index (χ2n) is 16.9. The van der Waals surface area contributed by atoms with Gasteiger partial charge >= 0.3 is 0 Å². The van der Waals surface area contributed by atoms with Crippen LogP contribution in [0.5, 0.6) is 0 Å². The molecule has 3 aliphatic rings. The van der Waals surface area contributed by atoms with E-state index >= 15 is 0 Å². The second-order valence-corrected chi connectivity index (χ2v) is 19.8. The quantitative estimate of drug-likeness (QED) is 0.0430. The molecule has 5 atom stereocenters. The summed E-state index contributed by atoms with van der Waals surface area (Å²) < 4.78 is 80.4. The zero-order valence-electron chi connectivity index (χ0n) is 36.0. The fourth-order valence-corrected chi connectivity index (χ4v) is 9.53. The van der Waals surface area contributed by atoms with Crippen LogP contribution < -0.4 is 10.2 Å². The Morgan fingerprint density at radius 2 is 1.52 bits per heavy atom. The molecule has 0 bridgehead atoms. The Morgan fingerprint density at radius 1 is 0.855 bits per heavy atom. The summed E-state index contributed by atoms with van der Waals surface area (Å²) in [5, 5.41) is 42.1. The van der Waals surface area contributed by atoms with Crippen molar-refractivity contribution < 1.29 is 65.2 Å². The Hall–Kier alpha value is -3.82. The summed E-state index contributed by atoms with van der Waals surface area (Å²) >= 11 is 0. The molecule has 16 nitrogen and oxygen atoms in total. The third kappa shape index (κ3) is 11.1. The molecule has 0 aromatic heterocycles. The van der Waals surface area contributed by atoms with E-state index < -0.39 is 68.4 Å². The summed E-state index contributed by atoms with van der Waals surface area (Å²) in [5.74, 6) is -0.0563. The number of carbonyl (C=O) groups excluding carboxylic acids is 1. The zero-order chi connectivity index (χ0) is 45.6. The lowest BCUT2D eigenvalue weighted by Gasteiger charge is -2.40. The number of nitrogens with one attached hydrogen (secondary N) is 1. The van der Waals surface area contributed by atoms with E-state index in [4.69, 9.17) is 9.47 Å². The van der Waals surface area contributed by atoms with E-state index in [1.165, 1.54) is 24.3 Å². The summed E-state index contributed by atoms with van der Waals surface area (Å²) in [6, 6.07) is 9.26. The highest BCUT2D eigenvalue weighted by molar-refractivity contribution is 7.86. The van der Waals surface area contributed by atoms with E-state index in [1.54, 1.807) is 12.1 Å². The van der Waals surface area contributed by atoms with Crippen molar-refractivity contribution in [3.63, 3.8) is 0 Å². The van der Waals surface area contributed by atoms with Crippen molar-refractivity contribution in [2.24, 2.45) is 0 Å². The van der Waals surface area contributed by atoms with Gasteiger partial charge < -0.3 is 40.1 Å². The molecule has 0 radical (unpaired) electrons. The van der Waals surface area contributed by atoms with Gasteiger partial charge in [0.05, 0.1) is 21.8 Å². The van der Waals surface area contributed by atoms with Gasteiger partial charge in [0, 0.05) is 67.0 Å². The smallest absolute Gasteiger partial charge is 0.294 e. The lowest BCUT2D eigenvalue weighted by atomic mass is 9.81. The van der Waals surface area contributed by atoms with Crippen LogP contribution in [-0.2, 0) is 45.3 Å². The van der Waals surface area contributed by atoms with Gasteiger partial charge in [0.1, 0.15) is 31.0 Å². The van der Waals surface area contributed by atoms with Crippen LogP contribution in [0.3, 0.4) is 0 Å². The van der Waals surface area contributed by atoms with Gasteiger partial charge in [-0.15, -0.1) is 0 Å². The molecule has 0 saturated carbocycles. The monoisotopic (exact) mass is 904 g/mol. The summed E-state index contributed by atoms with van der Waals surface area (Å²) in [5.41, 5.74) is 3.96. The fraction of sp³-hybridized carbons (Fsp3) is 0.545. The molecule has 18 heteroatoms. The Labute approximate surface area is 364 Å². The third-order valence-corrected chi connectivity index (χ3v) is 13.6. The minimum absolute atomic E-state index is 0.0563. The molecule has 7 N–H and O–H groups in total. The normalized spacial score (nSPS) is 24.1. The molecular formula is C44H62N3O13S2+. The van der Waals surface area contributed by atoms with Gasteiger partial charge in [0.25, 0.3) is 20.2 Å². The Balaban J connectivity index is 1.16. The van der Waals surface area contributed by atoms with Crippen LogP contribution >= 0.6 is 0 Å². The standard InChI is InChI=1S/C44H61N3O13S2/c1-6-46-33-21-19-29(61(53,54)55)26-31(33)43(2,3)36(46)16-10-7-11-17-37-44(4,5)32-27-30(62(56,57)58)20-22-34(32)47(37)24-14-8-12-18-38(49)45-23-13-9-15-25-59-41-35(28-48)60-42(52)40(51)39(41)50/h7,10-11,16-17,19-22,26-27,35,39-42,48,50-52H,6,8-9,12-15,18,23-25,28H2,1-5H3,(H2-,45,49,53,54,55,56,57,58)/p+1/t35-,39-,40-,41+,42?/m1/s1. The highest BCUT2D eigenvalue weighted by atomic mass is 32.2. The molecule has 5 rings (SSSR count). The molecule has 0 aliphatic carbocycles. The van der Waals surface area contributed by atoms with Crippen molar-refractivity contribution in [2.45, 2.75) is 131 Å². The number of ether oxygens (including phenoxy) is 2. The van der Waals surface area contributed by atoms with Crippen LogP contribution in [-0.4, -0.2) is 126 Å². The maximum absolute atomic E-state index is 12.6. The molecule has 1 saturated heterocycles. The first-order valence-corrected chi connectivity index (χ1v) is 23.9. The van der Waals surface area contributed by atoms with Gasteiger partial charge in [-0.2, -0.15) is 21.4 Å². The minimum atomic E-state index is -4.43. The van der Waals surface area contributed by atoms with E-state index in [2.05, 4.69) is 14.8 Å². The minimum Gasteiger partial charge on any atom is -0.394 e. The van der Waals surface area contributed by atoms with Crippen molar-refractivity contribution in [2.75, 3.05) is 37.7 Å². The number of rotatable bonds is 20. The van der Waals surface area contributed by atoms with Crippen molar-refractivity contribution in [3.05, 3.63) is 83.6 Å². The van der Waals surface area contributed by atoms with E-state index in [0.29, 0.717) is 45.3 Å². The van der Waals surface area contributed by atoms with Crippen molar-refractivity contribution in [1.82, 2.24) is 5.32 Å². The van der Waals surface area contributed by atoms with E-state index in [-0.39, 0.29) is 22.3 Å². The summed E-state index contributed by atoms with van der Waals surface area (Å²) in [7, 11) is -8.80. The number of anilines is 1. The molecule has 0 spiro atoms. The lowest BCUT2D eigenvalue weighted by Crippen LogP contribution is -2.59. The molecule has 62 heavy (non-hydrogen) atoms. The molecule has 3 aliphatic heterocycles. The van der Waals surface area contributed by atoms with Crippen LogP contribution in [0.4, 0.5) is 11.4 Å². The molecular weight excluding hydrogens is 843 g/mol. The van der Waals surface area contributed by atoms with Gasteiger partial charge in [-0.25, -0.2) is 0 Å². The number of hydrogen-bond acceptors (Lipinski definition) is 12. The largest absolute Gasteiger partial charge is 0.394 e. The maximum Gasteiger partial charge on any atom is 0.294 e. The number of benzene rings is 2. The van der Waals surface area contributed by atoms with Crippen molar-refractivity contribution in [1.29, 1.82) is 0 Å². The average molecular weight is 905 g/mol. The van der Waals surface area contributed by atoms with Gasteiger partial charge in [-0.05, 0) is 94.8 Å².